The van der Waals surface area contributed by atoms with Crippen molar-refractivity contribution in [2.45, 2.75) is 57.7 Å². The number of tetrazole rings is 1. The Morgan fingerprint density at radius 1 is 1.32 bits per heavy atom. The lowest BCUT2D eigenvalue weighted by molar-refractivity contribution is 0.0890. The van der Waals surface area contributed by atoms with Crippen molar-refractivity contribution in [3.05, 3.63) is 29.5 Å². The van der Waals surface area contributed by atoms with Crippen molar-refractivity contribution in [3.63, 3.8) is 0 Å². The molecule has 1 saturated heterocycles. The quantitative estimate of drug-likeness (QED) is 0.890. The highest BCUT2D eigenvalue weighted by molar-refractivity contribution is 5.95. The van der Waals surface area contributed by atoms with Gasteiger partial charge in [0.1, 0.15) is 5.76 Å². The maximum Gasteiger partial charge on any atom is 0.255 e. The van der Waals surface area contributed by atoms with Gasteiger partial charge in [0, 0.05) is 19.1 Å². The number of likely N-dealkylation sites (tertiary alicyclic amines) is 1. The normalized spacial score (nSPS) is 20.6. The summed E-state index contributed by atoms with van der Waals surface area (Å²) in [5, 5.41) is 15.4. The molecule has 1 unspecified atom stereocenters. The van der Waals surface area contributed by atoms with Crippen LogP contribution in [0.5, 0.6) is 0 Å². The summed E-state index contributed by atoms with van der Waals surface area (Å²) < 4.78 is 7.20. The highest BCUT2D eigenvalue weighted by atomic mass is 16.3. The lowest BCUT2D eigenvalue weighted by Gasteiger charge is -2.35. The molecule has 1 aliphatic heterocycles. The Hall–Kier alpha value is -2.22. The van der Waals surface area contributed by atoms with Crippen molar-refractivity contribution in [2.75, 3.05) is 13.1 Å². The minimum atomic E-state index is -0.0459. The smallest absolute Gasteiger partial charge is 0.255 e. The van der Waals surface area contributed by atoms with E-state index >= 15 is 0 Å². The molecular formula is C17H24N6O2. The van der Waals surface area contributed by atoms with Crippen LogP contribution in [-0.2, 0) is 0 Å². The number of amides is 1. The van der Waals surface area contributed by atoms with Crippen LogP contribution in [0.25, 0.3) is 0 Å². The van der Waals surface area contributed by atoms with Gasteiger partial charge >= 0.3 is 0 Å². The second-order valence-corrected chi connectivity index (χ2v) is 7.06. The Balaban J connectivity index is 1.33. The summed E-state index contributed by atoms with van der Waals surface area (Å²) in [4.78, 5) is 14.7. The third kappa shape index (κ3) is 3.30. The van der Waals surface area contributed by atoms with Crippen LogP contribution < -0.4 is 5.32 Å². The fourth-order valence-corrected chi connectivity index (χ4v) is 3.53. The number of rotatable bonds is 5. The number of hydrogen-bond acceptors (Lipinski definition) is 6. The molecule has 1 saturated carbocycles. The highest BCUT2D eigenvalue weighted by Gasteiger charge is 2.32. The Labute approximate surface area is 146 Å². The molecule has 134 valence electrons. The van der Waals surface area contributed by atoms with Gasteiger partial charge in [0.25, 0.3) is 5.91 Å². The van der Waals surface area contributed by atoms with E-state index < -0.39 is 0 Å². The molecule has 2 aromatic heterocycles. The molecule has 0 spiro atoms. The Morgan fingerprint density at radius 3 is 2.72 bits per heavy atom. The SMILES string of the molecule is Cc1occc1C(=O)NC1CCN(C(C)c2nnnn2C2CC2)CC1. The number of piperidine rings is 1. The van der Waals surface area contributed by atoms with Crippen LogP contribution >= 0.6 is 0 Å². The van der Waals surface area contributed by atoms with E-state index in [0.717, 1.165) is 31.8 Å². The highest BCUT2D eigenvalue weighted by Crippen LogP contribution is 2.36. The lowest BCUT2D eigenvalue weighted by Crippen LogP contribution is -2.45. The van der Waals surface area contributed by atoms with E-state index in [-0.39, 0.29) is 18.0 Å². The second kappa shape index (κ2) is 6.59. The summed E-state index contributed by atoms with van der Waals surface area (Å²) in [5.74, 6) is 1.57. The van der Waals surface area contributed by atoms with Crippen molar-refractivity contribution in [3.8, 4) is 0 Å². The molecule has 1 aliphatic carbocycles. The first-order valence-electron chi connectivity index (χ1n) is 9.00. The van der Waals surface area contributed by atoms with Gasteiger partial charge in [-0.2, -0.15) is 0 Å². The zero-order valence-corrected chi connectivity index (χ0v) is 14.7. The van der Waals surface area contributed by atoms with Gasteiger partial charge < -0.3 is 9.73 Å². The summed E-state index contributed by atoms with van der Waals surface area (Å²) in [6.45, 7) is 5.82. The van der Waals surface area contributed by atoms with Crippen LogP contribution in [0.15, 0.2) is 16.7 Å². The topological polar surface area (TPSA) is 89.1 Å². The molecule has 4 rings (SSSR count). The van der Waals surface area contributed by atoms with Gasteiger partial charge in [0.15, 0.2) is 5.82 Å². The summed E-state index contributed by atoms with van der Waals surface area (Å²) >= 11 is 0. The van der Waals surface area contributed by atoms with E-state index in [4.69, 9.17) is 4.42 Å². The molecule has 8 heteroatoms. The molecule has 0 aromatic carbocycles. The average molecular weight is 344 g/mol. The Morgan fingerprint density at radius 2 is 2.08 bits per heavy atom. The Kier molecular flexibility index (Phi) is 4.29. The molecule has 1 N–H and O–H groups in total. The molecule has 8 nitrogen and oxygen atoms in total. The monoisotopic (exact) mass is 344 g/mol. The molecule has 1 atom stereocenters. The Bertz CT molecular complexity index is 742. The number of nitrogens with zero attached hydrogens (tertiary/aromatic N) is 5. The van der Waals surface area contributed by atoms with E-state index in [1.165, 1.54) is 12.8 Å². The molecule has 0 radical (unpaired) electrons. The van der Waals surface area contributed by atoms with Gasteiger partial charge in [0.2, 0.25) is 0 Å². The van der Waals surface area contributed by atoms with E-state index in [1.807, 2.05) is 11.6 Å². The molecule has 1 amide bonds. The van der Waals surface area contributed by atoms with E-state index in [0.29, 0.717) is 17.4 Å². The van der Waals surface area contributed by atoms with Crippen molar-refractivity contribution >= 4 is 5.91 Å². The van der Waals surface area contributed by atoms with Crippen LogP contribution in [0.1, 0.15) is 66.6 Å². The zero-order valence-electron chi connectivity index (χ0n) is 14.7. The van der Waals surface area contributed by atoms with Gasteiger partial charge in [0.05, 0.1) is 23.9 Å². The number of furan rings is 1. The summed E-state index contributed by atoms with van der Waals surface area (Å²) in [6.07, 6.45) is 5.76. The van der Waals surface area contributed by atoms with E-state index in [2.05, 4.69) is 32.7 Å². The maximum absolute atomic E-state index is 12.3. The van der Waals surface area contributed by atoms with Crippen LogP contribution in [0.3, 0.4) is 0 Å². The molecule has 25 heavy (non-hydrogen) atoms. The zero-order chi connectivity index (χ0) is 17.4. The molecule has 2 fully saturated rings. The lowest BCUT2D eigenvalue weighted by atomic mass is 10.0. The van der Waals surface area contributed by atoms with E-state index in [1.54, 1.807) is 12.3 Å². The first kappa shape index (κ1) is 16.3. The number of carbonyl (C=O) groups is 1. The number of aromatic nitrogens is 4. The predicted octanol–water partition coefficient (Wildman–Crippen LogP) is 1.86. The van der Waals surface area contributed by atoms with Gasteiger partial charge in [-0.15, -0.1) is 5.10 Å². The third-order valence-electron chi connectivity index (χ3n) is 5.30. The minimum Gasteiger partial charge on any atom is -0.469 e. The maximum atomic E-state index is 12.3. The standard InChI is InChI=1S/C17H24N6O2/c1-11(16-19-20-21-23(16)14-3-4-14)22-8-5-13(6-9-22)18-17(24)15-7-10-25-12(15)2/h7,10-11,13-14H,3-6,8-9H2,1-2H3,(H,18,24). The molecule has 3 heterocycles. The third-order valence-corrected chi connectivity index (χ3v) is 5.30. The number of nitrogens with one attached hydrogen (secondary N) is 1. The van der Waals surface area contributed by atoms with Gasteiger partial charge in [-0.1, -0.05) is 0 Å². The van der Waals surface area contributed by atoms with Crippen molar-refractivity contribution < 1.29 is 9.21 Å². The molecular weight excluding hydrogens is 320 g/mol. The van der Waals surface area contributed by atoms with Gasteiger partial charge in [-0.25, -0.2) is 4.68 Å². The van der Waals surface area contributed by atoms with Crippen molar-refractivity contribution in [1.82, 2.24) is 30.4 Å². The fraction of sp³-hybridized carbons (Fsp3) is 0.647. The van der Waals surface area contributed by atoms with Gasteiger partial charge in [-0.3, -0.25) is 9.69 Å². The minimum absolute atomic E-state index is 0.0459. The summed E-state index contributed by atoms with van der Waals surface area (Å²) in [7, 11) is 0. The van der Waals surface area contributed by atoms with Crippen molar-refractivity contribution in [2.24, 2.45) is 0 Å². The van der Waals surface area contributed by atoms with Crippen LogP contribution in [-0.4, -0.2) is 50.1 Å². The van der Waals surface area contributed by atoms with Crippen molar-refractivity contribution in [1.29, 1.82) is 0 Å². The van der Waals surface area contributed by atoms with E-state index in [9.17, 15) is 4.79 Å². The fourth-order valence-electron chi connectivity index (χ4n) is 3.53. The average Bonchev–Trinajstić information content (AvgIpc) is 3.17. The van der Waals surface area contributed by atoms with Crippen LogP contribution in [0.2, 0.25) is 0 Å². The largest absolute Gasteiger partial charge is 0.469 e. The van der Waals surface area contributed by atoms with Crippen LogP contribution in [0.4, 0.5) is 0 Å². The summed E-state index contributed by atoms with van der Waals surface area (Å²) in [6, 6.07) is 2.61. The summed E-state index contributed by atoms with van der Waals surface area (Å²) in [5.41, 5.74) is 0.624. The predicted molar refractivity (Wildman–Crippen MR) is 90.0 cm³/mol. The number of carbonyl (C=O) groups excluding carboxylic acids is 1. The molecule has 2 aromatic rings. The molecule has 2 aliphatic rings. The number of hydrogen-bond donors (Lipinski definition) is 1. The van der Waals surface area contributed by atoms with Gasteiger partial charge in [-0.05, 0) is 56.0 Å². The molecule has 0 bridgehead atoms. The number of aryl methyl sites for hydroxylation is 1. The first-order valence-corrected chi connectivity index (χ1v) is 9.00. The second-order valence-electron chi connectivity index (χ2n) is 7.06. The van der Waals surface area contributed by atoms with Crippen LogP contribution in [0, 0.1) is 6.92 Å². The first-order chi connectivity index (χ1) is 12.1.